The first-order valence-corrected chi connectivity index (χ1v) is 13.2. The molecule has 1 N–H and O–H groups in total. The third-order valence-corrected chi connectivity index (χ3v) is 8.52. The number of thioether (sulfide) groups is 1. The molecule has 0 unspecified atom stereocenters. The molecular weight excluding hydrogens is 468 g/mol. The number of hydrogen-bond acceptors (Lipinski definition) is 8. The van der Waals surface area contributed by atoms with E-state index in [2.05, 4.69) is 42.4 Å². The van der Waals surface area contributed by atoms with Crippen LogP contribution in [-0.2, 0) is 24.2 Å². The van der Waals surface area contributed by atoms with Crippen molar-refractivity contribution in [3.63, 3.8) is 0 Å². The zero-order valence-electron chi connectivity index (χ0n) is 19.6. The van der Waals surface area contributed by atoms with Crippen molar-refractivity contribution < 1.29 is 13.9 Å². The van der Waals surface area contributed by atoms with Crippen LogP contribution in [-0.4, -0.2) is 21.9 Å². The fourth-order valence-corrected chi connectivity index (χ4v) is 5.93. The van der Waals surface area contributed by atoms with Crippen molar-refractivity contribution in [1.29, 1.82) is 5.26 Å². The molecule has 0 radical (unpaired) electrons. The highest BCUT2D eigenvalue weighted by molar-refractivity contribution is 7.99. The van der Waals surface area contributed by atoms with E-state index in [4.69, 9.17) is 9.15 Å². The van der Waals surface area contributed by atoms with E-state index < -0.39 is 0 Å². The van der Waals surface area contributed by atoms with E-state index in [-0.39, 0.29) is 23.7 Å². The summed E-state index contributed by atoms with van der Waals surface area (Å²) in [5.74, 6) is 1.55. The molecule has 1 atom stereocenters. The normalized spacial score (nSPS) is 15.4. The van der Waals surface area contributed by atoms with Gasteiger partial charge in [-0.2, -0.15) is 5.26 Å². The molecule has 34 heavy (non-hydrogen) atoms. The van der Waals surface area contributed by atoms with Crippen LogP contribution in [0.5, 0.6) is 5.75 Å². The van der Waals surface area contributed by atoms with Crippen molar-refractivity contribution >= 4 is 34.0 Å². The molecule has 0 fully saturated rings. The Morgan fingerprint density at radius 3 is 2.88 bits per heavy atom. The highest BCUT2D eigenvalue weighted by Crippen LogP contribution is 2.45. The van der Waals surface area contributed by atoms with Crippen molar-refractivity contribution in [3.8, 4) is 11.8 Å². The van der Waals surface area contributed by atoms with E-state index in [1.807, 2.05) is 30.3 Å². The lowest BCUT2D eigenvalue weighted by Crippen LogP contribution is -2.28. The zero-order valence-corrected chi connectivity index (χ0v) is 21.2. The lowest BCUT2D eigenvalue weighted by Gasteiger charge is -2.36. The molecule has 1 aliphatic carbocycles. The number of para-hydroxylation sites is 1. The van der Waals surface area contributed by atoms with Crippen molar-refractivity contribution in [2.24, 2.45) is 11.3 Å². The van der Waals surface area contributed by atoms with Gasteiger partial charge in [0.15, 0.2) is 6.61 Å². The van der Waals surface area contributed by atoms with Crippen molar-refractivity contribution in [2.45, 2.75) is 58.3 Å². The van der Waals surface area contributed by atoms with E-state index >= 15 is 0 Å². The van der Waals surface area contributed by atoms with E-state index in [0.29, 0.717) is 33.3 Å². The van der Waals surface area contributed by atoms with E-state index in [9.17, 15) is 10.1 Å². The Morgan fingerprint density at radius 1 is 1.35 bits per heavy atom. The number of hydrogen-bond donors (Lipinski definition) is 1. The summed E-state index contributed by atoms with van der Waals surface area (Å²) in [4.78, 5) is 13.8. The Bertz CT molecular complexity index is 1180. The fraction of sp³-hybridized carbons (Fsp3) is 0.440. The summed E-state index contributed by atoms with van der Waals surface area (Å²) < 4.78 is 11.2. The van der Waals surface area contributed by atoms with Crippen LogP contribution in [0.3, 0.4) is 0 Å². The standard InChI is InChI=1S/C25H28N4O3S2/c1-4-25(2,3)16-10-11-18-19(13-26)23(34-20(18)12-16)27-21(30)15-33-24-29-28-22(32-24)14-31-17-8-6-5-7-9-17/h5-9,16H,4,10-12,14-15H2,1-3H3,(H,27,30)/t16-/m1/s1. The fourth-order valence-electron chi connectivity index (χ4n) is 4.05. The third-order valence-electron chi connectivity index (χ3n) is 6.53. The topological polar surface area (TPSA) is 101 Å². The maximum Gasteiger partial charge on any atom is 0.277 e. The van der Waals surface area contributed by atoms with Gasteiger partial charge >= 0.3 is 0 Å². The minimum Gasteiger partial charge on any atom is -0.484 e. The Hall–Kier alpha value is -2.83. The molecule has 0 saturated heterocycles. The molecule has 0 bridgehead atoms. The molecule has 2 aromatic heterocycles. The molecule has 1 amide bonds. The third kappa shape index (κ3) is 5.62. The molecule has 4 rings (SSSR count). The van der Waals surface area contributed by atoms with Crippen LogP contribution in [0.1, 0.15) is 55.5 Å². The van der Waals surface area contributed by atoms with Gasteiger partial charge in [-0.3, -0.25) is 4.79 Å². The number of rotatable bonds is 9. The number of ether oxygens (including phenoxy) is 1. The number of anilines is 1. The summed E-state index contributed by atoms with van der Waals surface area (Å²) in [7, 11) is 0. The average molecular weight is 497 g/mol. The van der Waals surface area contributed by atoms with Gasteiger partial charge in [-0.15, -0.1) is 21.5 Å². The molecule has 1 aromatic carbocycles. The van der Waals surface area contributed by atoms with Gasteiger partial charge in [0.1, 0.15) is 16.8 Å². The molecule has 0 aliphatic heterocycles. The first kappa shape index (κ1) is 24.3. The highest BCUT2D eigenvalue weighted by atomic mass is 32.2. The maximum absolute atomic E-state index is 12.6. The van der Waals surface area contributed by atoms with Gasteiger partial charge in [-0.25, -0.2) is 0 Å². The Kier molecular flexibility index (Phi) is 7.59. The van der Waals surface area contributed by atoms with Crippen molar-refractivity contribution in [1.82, 2.24) is 10.2 Å². The molecular formula is C25H28N4O3S2. The first-order chi connectivity index (χ1) is 16.4. The number of nitrogens with one attached hydrogen (secondary N) is 1. The van der Waals surface area contributed by atoms with Gasteiger partial charge in [-0.1, -0.05) is 57.2 Å². The molecule has 178 valence electrons. The minimum atomic E-state index is -0.203. The van der Waals surface area contributed by atoms with Crippen LogP contribution >= 0.6 is 23.1 Å². The first-order valence-electron chi connectivity index (χ1n) is 11.4. The zero-order chi connectivity index (χ0) is 24.1. The van der Waals surface area contributed by atoms with Crippen LogP contribution in [0.15, 0.2) is 40.0 Å². The maximum atomic E-state index is 12.6. The van der Waals surface area contributed by atoms with Gasteiger partial charge < -0.3 is 14.5 Å². The van der Waals surface area contributed by atoms with Crippen LogP contribution in [0, 0.1) is 22.7 Å². The summed E-state index contributed by atoms with van der Waals surface area (Å²) in [6, 6.07) is 11.7. The van der Waals surface area contributed by atoms with E-state index in [0.717, 1.165) is 43.0 Å². The molecule has 0 saturated carbocycles. The van der Waals surface area contributed by atoms with Crippen molar-refractivity contribution in [2.75, 3.05) is 11.1 Å². The molecule has 0 spiro atoms. The van der Waals surface area contributed by atoms with Gasteiger partial charge in [-0.05, 0) is 48.3 Å². The highest BCUT2D eigenvalue weighted by Gasteiger charge is 2.34. The summed E-state index contributed by atoms with van der Waals surface area (Å²) in [6.07, 6.45) is 4.06. The smallest absolute Gasteiger partial charge is 0.277 e. The number of nitrogens with zero attached hydrogens (tertiary/aromatic N) is 3. The number of aromatic nitrogens is 2. The number of nitriles is 1. The minimum absolute atomic E-state index is 0.111. The molecule has 9 heteroatoms. The summed E-state index contributed by atoms with van der Waals surface area (Å²) >= 11 is 2.70. The Labute approximate surface area is 207 Å². The SMILES string of the molecule is CCC(C)(C)[C@@H]1CCc2c(sc(NC(=O)CSc3nnc(COc4ccccc4)o3)c2C#N)C1. The number of amides is 1. The average Bonchev–Trinajstić information content (AvgIpc) is 3.45. The predicted molar refractivity (Wildman–Crippen MR) is 133 cm³/mol. The van der Waals surface area contributed by atoms with E-state index in [1.165, 1.54) is 4.88 Å². The van der Waals surface area contributed by atoms with Crippen molar-refractivity contribution in [3.05, 3.63) is 52.2 Å². The van der Waals surface area contributed by atoms with Gasteiger partial charge in [0.25, 0.3) is 11.1 Å². The van der Waals surface area contributed by atoms with Gasteiger partial charge in [0.05, 0.1) is 11.3 Å². The summed E-state index contributed by atoms with van der Waals surface area (Å²) in [6.45, 7) is 7.03. The largest absolute Gasteiger partial charge is 0.484 e. The molecule has 7 nitrogen and oxygen atoms in total. The van der Waals surface area contributed by atoms with Crippen LogP contribution < -0.4 is 10.1 Å². The monoisotopic (exact) mass is 496 g/mol. The number of carbonyl (C=O) groups excluding carboxylic acids is 1. The summed E-state index contributed by atoms with van der Waals surface area (Å²) in [5, 5.41) is 21.6. The van der Waals surface area contributed by atoms with Crippen LogP contribution in [0.2, 0.25) is 0 Å². The van der Waals surface area contributed by atoms with Gasteiger partial charge in [0, 0.05) is 4.88 Å². The second-order valence-electron chi connectivity index (χ2n) is 9.00. The second kappa shape index (κ2) is 10.6. The number of fused-ring (bicyclic) bond motifs is 1. The number of benzene rings is 1. The lowest BCUT2D eigenvalue weighted by atomic mass is 9.69. The van der Waals surface area contributed by atoms with Crippen LogP contribution in [0.4, 0.5) is 5.00 Å². The lowest BCUT2D eigenvalue weighted by molar-refractivity contribution is -0.113. The Morgan fingerprint density at radius 2 is 2.15 bits per heavy atom. The quantitative estimate of drug-likeness (QED) is 0.371. The van der Waals surface area contributed by atoms with E-state index in [1.54, 1.807) is 11.3 Å². The number of carbonyl (C=O) groups is 1. The summed E-state index contributed by atoms with van der Waals surface area (Å²) in [5.41, 5.74) is 1.99. The van der Waals surface area contributed by atoms with Gasteiger partial charge in [0.2, 0.25) is 5.91 Å². The van der Waals surface area contributed by atoms with Crippen LogP contribution in [0.25, 0.3) is 0 Å². The predicted octanol–water partition coefficient (Wildman–Crippen LogP) is 5.85. The molecule has 1 aliphatic rings. The molecule has 2 heterocycles. The second-order valence-corrected chi connectivity index (χ2v) is 11.0. The number of thiophene rings is 1. The molecule has 3 aromatic rings. The Balaban J connectivity index is 1.32.